The molecule has 13 heavy (non-hydrogen) atoms. The number of H-pyrrole nitrogens is 1. The second-order valence-corrected chi connectivity index (χ2v) is 4.15. The van der Waals surface area contributed by atoms with E-state index in [2.05, 4.69) is 13.5 Å². The summed E-state index contributed by atoms with van der Waals surface area (Å²) in [6.07, 6.45) is 3.76. The van der Waals surface area contributed by atoms with E-state index in [4.69, 9.17) is 5.73 Å². The van der Waals surface area contributed by atoms with Crippen molar-refractivity contribution in [1.82, 2.24) is 13.5 Å². The Balaban J connectivity index is 2.41. The molecule has 1 atom stereocenters. The van der Waals surface area contributed by atoms with Crippen LogP contribution in [0.3, 0.4) is 0 Å². The Hall–Kier alpha value is -0.630. The van der Waals surface area contributed by atoms with E-state index in [-0.39, 0.29) is 27.4 Å². The van der Waals surface area contributed by atoms with Gasteiger partial charge in [-0.25, -0.2) is 0 Å². The number of hydrogen-bond acceptors (Lipinski definition) is 3. The van der Waals surface area contributed by atoms with E-state index in [1.807, 2.05) is 4.93 Å². The summed E-state index contributed by atoms with van der Waals surface area (Å²) < 4.78 is 2.77. The number of hydrogen-bond donors (Lipinski definition) is 3. The number of carbonyl (C=O) groups excluding carboxylic acids is 1. The predicted octanol–water partition coefficient (Wildman–Crippen LogP) is -3.97. The van der Waals surface area contributed by atoms with Gasteiger partial charge in [0.05, 0.1) is 0 Å². The molecular formula is C7H12IN4O-. The SMILES string of the molecule is C[I-]NC(=O)[C@@H](N)Cc1cnc[nH]1. The number of halogens is 1. The van der Waals surface area contributed by atoms with E-state index in [9.17, 15) is 4.79 Å². The van der Waals surface area contributed by atoms with Crippen molar-refractivity contribution >= 4 is 5.91 Å². The number of carbonyl (C=O) groups is 1. The third-order valence-electron chi connectivity index (χ3n) is 1.52. The number of rotatable bonds is 4. The molecule has 1 amide bonds. The zero-order chi connectivity index (χ0) is 9.68. The number of amides is 1. The van der Waals surface area contributed by atoms with Crippen LogP contribution in [0.4, 0.5) is 0 Å². The second kappa shape index (κ2) is 5.18. The number of aromatic amines is 1. The third-order valence-corrected chi connectivity index (χ3v) is 2.59. The summed E-state index contributed by atoms with van der Waals surface area (Å²) in [5.74, 6) is -0.0788. The van der Waals surface area contributed by atoms with Gasteiger partial charge in [-0.2, -0.15) is 0 Å². The number of nitrogens with two attached hydrogens (primary N) is 1. The molecule has 0 aliphatic rings. The van der Waals surface area contributed by atoms with Crippen molar-refractivity contribution in [2.45, 2.75) is 12.5 Å². The molecule has 0 radical (unpaired) electrons. The molecule has 6 heteroatoms. The van der Waals surface area contributed by atoms with E-state index < -0.39 is 6.04 Å². The number of nitrogens with one attached hydrogen (secondary N) is 2. The summed E-state index contributed by atoms with van der Waals surface area (Å²) in [6.45, 7) is 0. The fraction of sp³-hybridized carbons (Fsp3) is 0.429. The average Bonchev–Trinajstić information content (AvgIpc) is 2.57. The zero-order valence-corrected chi connectivity index (χ0v) is 9.41. The number of imidazole rings is 1. The van der Waals surface area contributed by atoms with Gasteiger partial charge in [-0.3, -0.25) is 0 Å². The molecule has 0 saturated carbocycles. The summed E-state index contributed by atoms with van der Waals surface area (Å²) in [7, 11) is 0. The summed E-state index contributed by atoms with van der Waals surface area (Å²) in [5.41, 5.74) is 6.54. The van der Waals surface area contributed by atoms with Crippen LogP contribution in [0.5, 0.6) is 0 Å². The van der Waals surface area contributed by atoms with Crippen LogP contribution >= 0.6 is 0 Å². The monoisotopic (exact) mass is 295 g/mol. The van der Waals surface area contributed by atoms with Gasteiger partial charge in [0.15, 0.2) is 0 Å². The van der Waals surface area contributed by atoms with Gasteiger partial charge in [0.2, 0.25) is 0 Å². The summed E-state index contributed by atoms with van der Waals surface area (Å²) >= 11 is -0.236. The number of aromatic nitrogens is 2. The molecule has 0 spiro atoms. The first-order valence-corrected chi connectivity index (χ1v) is 6.98. The summed E-state index contributed by atoms with van der Waals surface area (Å²) in [4.78, 5) is 19.9. The van der Waals surface area contributed by atoms with Crippen molar-refractivity contribution in [2.75, 3.05) is 4.93 Å². The molecule has 4 N–H and O–H groups in total. The van der Waals surface area contributed by atoms with Crippen molar-refractivity contribution in [3.05, 3.63) is 18.2 Å². The van der Waals surface area contributed by atoms with Crippen LogP contribution in [-0.2, 0) is 11.2 Å². The zero-order valence-electron chi connectivity index (χ0n) is 7.25. The fourth-order valence-corrected chi connectivity index (χ4v) is 1.82. The molecule has 1 aromatic heterocycles. The van der Waals surface area contributed by atoms with E-state index in [1.54, 1.807) is 12.5 Å². The second-order valence-electron chi connectivity index (χ2n) is 2.54. The van der Waals surface area contributed by atoms with Gasteiger partial charge in [-0.15, -0.1) is 0 Å². The molecule has 1 rings (SSSR count). The van der Waals surface area contributed by atoms with Crippen molar-refractivity contribution in [2.24, 2.45) is 5.73 Å². The average molecular weight is 295 g/mol. The molecule has 1 heterocycles. The first-order chi connectivity index (χ1) is 6.24. The van der Waals surface area contributed by atoms with Gasteiger partial charge in [-0.1, -0.05) is 0 Å². The van der Waals surface area contributed by atoms with Gasteiger partial charge in [-0.05, 0) is 0 Å². The van der Waals surface area contributed by atoms with Crippen molar-refractivity contribution in [3.63, 3.8) is 0 Å². The number of nitrogens with zero attached hydrogens (tertiary/aromatic N) is 1. The number of alkyl halides is 1. The van der Waals surface area contributed by atoms with Crippen molar-refractivity contribution in [1.29, 1.82) is 0 Å². The molecule has 0 aliphatic heterocycles. The Morgan fingerprint density at radius 3 is 3.23 bits per heavy atom. The first-order valence-electron chi connectivity index (χ1n) is 3.75. The molecule has 0 aliphatic carbocycles. The summed E-state index contributed by atoms with van der Waals surface area (Å²) in [6, 6.07) is -0.472. The van der Waals surface area contributed by atoms with Crippen LogP contribution < -0.4 is 30.7 Å². The minimum absolute atomic E-state index is 0.0788. The Morgan fingerprint density at radius 2 is 2.69 bits per heavy atom. The summed E-state index contributed by atoms with van der Waals surface area (Å²) in [5, 5.41) is 0. The Kier molecular flexibility index (Phi) is 4.16. The fourth-order valence-electron chi connectivity index (χ4n) is 0.889. The van der Waals surface area contributed by atoms with Crippen LogP contribution in [0.1, 0.15) is 5.69 Å². The van der Waals surface area contributed by atoms with Crippen LogP contribution in [0.15, 0.2) is 12.5 Å². The molecule has 74 valence electrons. The Bertz CT molecular complexity index is 261. The topological polar surface area (TPSA) is 83.8 Å². The van der Waals surface area contributed by atoms with Gasteiger partial charge in [0.1, 0.15) is 0 Å². The van der Waals surface area contributed by atoms with Crippen molar-refractivity contribution in [3.8, 4) is 0 Å². The first kappa shape index (κ1) is 10.5. The van der Waals surface area contributed by atoms with E-state index in [0.717, 1.165) is 5.69 Å². The third kappa shape index (κ3) is 3.31. The van der Waals surface area contributed by atoms with E-state index >= 15 is 0 Å². The molecule has 0 fully saturated rings. The minimum atomic E-state index is -0.472. The molecule has 5 nitrogen and oxygen atoms in total. The maximum atomic E-state index is 11.2. The van der Waals surface area contributed by atoms with Gasteiger partial charge in [0, 0.05) is 0 Å². The predicted molar refractivity (Wildman–Crippen MR) is 44.3 cm³/mol. The van der Waals surface area contributed by atoms with Gasteiger partial charge in [0.25, 0.3) is 0 Å². The van der Waals surface area contributed by atoms with Crippen LogP contribution in [0, 0.1) is 0 Å². The normalized spacial score (nSPS) is 12.8. The molecule has 0 aromatic carbocycles. The Morgan fingerprint density at radius 1 is 1.92 bits per heavy atom. The standard InChI is InChI=1S/C7H12IN4O/c1-8-12-7(13)6(9)2-5-3-10-4-11-5/h3-4,6H,2,9H2,1H3,(H,10,11)(H,12,13)/q-1/t6-/m0/s1. The molecule has 0 unspecified atom stereocenters. The molecular weight excluding hydrogens is 283 g/mol. The van der Waals surface area contributed by atoms with E-state index in [1.165, 1.54) is 0 Å². The van der Waals surface area contributed by atoms with Crippen LogP contribution in [0.2, 0.25) is 0 Å². The van der Waals surface area contributed by atoms with Gasteiger partial charge < -0.3 is 0 Å². The maximum absolute atomic E-state index is 11.2. The quantitative estimate of drug-likeness (QED) is 0.301. The van der Waals surface area contributed by atoms with Crippen LogP contribution in [0.25, 0.3) is 0 Å². The van der Waals surface area contributed by atoms with Gasteiger partial charge >= 0.3 is 87.0 Å². The van der Waals surface area contributed by atoms with Crippen LogP contribution in [-0.4, -0.2) is 26.8 Å². The molecule has 1 aromatic rings. The van der Waals surface area contributed by atoms with E-state index in [0.29, 0.717) is 6.42 Å². The molecule has 0 bridgehead atoms. The van der Waals surface area contributed by atoms with Crippen molar-refractivity contribution < 1.29 is 26.3 Å². The molecule has 0 saturated heterocycles. The Labute approximate surface area is 87.1 Å².